The predicted octanol–water partition coefficient (Wildman–Crippen LogP) is 2.91. The number of thiophene rings is 1. The molecule has 0 fully saturated rings. The fourth-order valence-electron chi connectivity index (χ4n) is 1.33. The number of nitrogens with zero attached hydrogens (tertiary/aromatic N) is 1. The second-order valence-electron chi connectivity index (χ2n) is 3.22. The molecule has 3 nitrogen and oxygen atoms in total. The lowest BCUT2D eigenvalue weighted by atomic mass is 10.3. The molecule has 1 aromatic heterocycles. The first-order valence-corrected chi connectivity index (χ1v) is 7.57. The number of rotatable bonds is 2. The molecule has 0 spiro atoms. The number of amides is 1. The van der Waals surface area contributed by atoms with Gasteiger partial charge >= 0.3 is 0 Å². The molecule has 6 heteroatoms. The van der Waals surface area contributed by atoms with Gasteiger partial charge in [-0.3, -0.25) is 9.79 Å². The molecular formula is C10H11BrN2OS2. The van der Waals surface area contributed by atoms with Gasteiger partial charge in [-0.05, 0) is 28.4 Å². The molecule has 1 N–H and O–H groups in total. The summed E-state index contributed by atoms with van der Waals surface area (Å²) < 4.78 is 1.02. The molecule has 0 radical (unpaired) electrons. The third kappa shape index (κ3) is 2.67. The van der Waals surface area contributed by atoms with Gasteiger partial charge in [0.05, 0.1) is 11.4 Å². The fourth-order valence-corrected chi connectivity index (χ4v) is 3.84. The van der Waals surface area contributed by atoms with E-state index in [1.807, 2.05) is 6.07 Å². The molecule has 0 bridgehead atoms. The molecule has 0 aromatic carbocycles. The number of aryl methyl sites for hydroxylation is 1. The van der Waals surface area contributed by atoms with Gasteiger partial charge in [-0.2, -0.15) is 0 Å². The summed E-state index contributed by atoms with van der Waals surface area (Å²) in [5, 5.41) is 3.57. The van der Waals surface area contributed by atoms with E-state index in [1.54, 1.807) is 11.8 Å². The van der Waals surface area contributed by atoms with E-state index in [0.29, 0.717) is 0 Å². The van der Waals surface area contributed by atoms with Crippen LogP contribution in [-0.2, 0) is 6.42 Å². The largest absolute Gasteiger partial charge is 0.301 e. The lowest BCUT2D eigenvalue weighted by Crippen LogP contribution is -2.26. The molecule has 0 unspecified atom stereocenters. The van der Waals surface area contributed by atoms with Crippen LogP contribution >= 0.6 is 39.0 Å². The van der Waals surface area contributed by atoms with Crippen LogP contribution in [0.1, 0.15) is 21.5 Å². The van der Waals surface area contributed by atoms with Gasteiger partial charge in [0.25, 0.3) is 5.91 Å². The Bertz CT molecular complexity index is 442. The topological polar surface area (TPSA) is 41.5 Å². The van der Waals surface area contributed by atoms with Crippen molar-refractivity contribution in [2.45, 2.75) is 13.3 Å². The van der Waals surface area contributed by atoms with E-state index >= 15 is 0 Å². The van der Waals surface area contributed by atoms with Crippen molar-refractivity contribution in [1.82, 2.24) is 5.32 Å². The number of thioether (sulfide) groups is 1. The molecule has 2 rings (SSSR count). The summed E-state index contributed by atoms with van der Waals surface area (Å²) in [6, 6.07) is 1.87. The van der Waals surface area contributed by atoms with Gasteiger partial charge in [0.2, 0.25) is 0 Å². The predicted molar refractivity (Wildman–Crippen MR) is 73.6 cm³/mol. The van der Waals surface area contributed by atoms with Gasteiger partial charge in [0.1, 0.15) is 0 Å². The lowest BCUT2D eigenvalue weighted by molar-refractivity contribution is 0.0982. The van der Waals surface area contributed by atoms with Crippen LogP contribution in [0.3, 0.4) is 0 Å². The van der Waals surface area contributed by atoms with Gasteiger partial charge in [-0.1, -0.05) is 18.7 Å². The zero-order chi connectivity index (χ0) is 11.5. The molecule has 86 valence electrons. The van der Waals surface area contributed by atoms with Crippen LogP contribution in [0.2, 0.25) is 0 Å². The number of carbonyl (C=O) groups excluding carboxylic acids is 1. The van der Waals surface area contributed by atoms with Crippen LogP contribution in [0, 0.1) is 0 Å². The third-order valence-electron chi connectivity index (χ3n) is 2.11. The highest BCUT2D eigenvalue weighted by molar-refractivity contribution is 9.10. The minimum Gasteiger partial charge on any atom is -0.301 e. The molecule has 0 aliphatic carbocycles. The number of hydrogen-bond donors (Lipinski definition) is 1. The number of nitrogens with one attached hydrogen (secondary N) is 1. The van der Waals surface area contributed by atoms with Gasteiger partial charge in [0.15, 0.2) is 5.17 Å². The van der Waals surface area contributed by atoms with E-state index in [4.69, 9.17) is 0 Å². The average molecular weight is 319 g/mol. The Morgan fingerprint density at radius 2 is 2.50 bits per heavy atom. The first-order chi connectivity index (χ1) is 7.70. The summed E-state index contributed by atoms with van der Waals surface area (Å²) in [6.45, 7) is 2.88. The normalized spacial score (nSPS) is 15.0. The van der Waals surface area contributed by atoms with Crippen molar-refractivity contribution in [3.05, 3.63) is 20.3 Å². The molecule has 2 heterocycles. The highest BCUT2D eigenvalue weighted by Gasteiger charge is 2.15. The van der Waals surface area contributed by atoms with E-state index in [-0.39, 0.29) is 5.91 Å². The van der Waals surface area contributed by atoms with Crippen molar-refractivity contribution >= 4 is 50.1 Å². The standard InChI is InChI=1S/C10H11BrN2OS2/c1-2-7-6(11)5-8(16-7)9(14)13-10-12-3-4-15-10/h5H,2-4H2,1H3,(H,12,13,14). The van der Waals surface area contributed by atoms with E-state index < -0.39 is 0 Å². The summed E-state index contributed by atoms with van der Waals surface area (Å²) >= 11 is 6.57. The zero-order valence-electron chi connectivity index (χ0n) is 8.75. The highest BCUT2D eigenvalue weighted by atomic mass is 79.9. The van der Waals surface area contributed by atoms with E-state index in [2.05, 4.69) is 33.2 Å². The zero-order valence-corrected chi connectivity index (χ0v) is 12.0. The minimum absolute atomic E-state index is 0.0569. The van der Waals surface area contributed by atoms with Crippen LogP contribution < -0.4 is 5.32 Å². The summed E-state index contributed by atoms with van der Waals surface area (Å²) in [4.78, 5) is 18.0. The van der Waals surface area contributed by atoms with Crippen molar-refractivity contribution in [3.8, 4) is 0 Å². The average Bonchev–Trinajstić information content (AvgIpc) is 2.87. The second-order valence-corrected chi connectivity index (χ2v) is 6.30. The van der Waals surface area contributed by atoms with Crippen LogP contribution in [-0.4, -0.2) is 23.4 Å². The van der Waals surface area contributed by atoms with Crippen molar-refractivity contribution in [2.75, 3.05) is 12.3 Å². The molecule has 0 atom stereocenters. The summed E-state index contributed by atoms with van der Waals surface area (Å²) in [6.07, 6.45) is 0.939. The monoisotopic (exact) mass is 318 g/mol. The molecule has 0 saturated heterocycles. The Kier molecular flexibility index (Phi) is 4.05. The second kappa shape index (κ2) is 5.33. The van der Waals surface area contributed by atoms with Gasteiger partial charge in [-0.25, -0.2) is 0 Å². The highest BCUT2D eigenvalue weighted by Crippen LogP contribution is 2.27. The summed E-state index contributed by atoms with van der Waals surface area (Å²) in [7, 11) is 0. The van der Waals surface area contributed by atoms with Crippen LogP contribution in [0.25, 0.3) is 0 Å². The van der Waals surface area contributed by atoms with Gasteiger partial charge < -0.3 is 5.32 Å². The third-order valence-corrected chi connectivity index (χ3v) is 5.25. The maximum atomic E-state index is 11.9. The Hall–Kier alpha value is -0.330. The molecule has 16 heavy (non-hydrogen) atoms. The molecule has 1 aliphatic heterocycles. The molecule has 1 aromatic rings. The van der Waals surface area contributed by atoms with Crippen LogP contribution in [0.4, 0.5) is 0 Å². The van der Waals surface area contributed by atoms with Crippen LogP contribution in [0.5, 0.6) is 0 Å². The summed E-state index contributed by atoms with van der Waals surface area (Å²) in [5.74, 6) is 0.905. The number of halogens is 1. The smallest absolute Gasteiger partial charge is 0.267 e. The minimum atomic E-state index is -0.0569. The number of amidine groups is 1. The Morgan fingerprint density at radius 3 is 3.06 bits per heavy atom. The Balaban J connectivity index is 2.08. The quantitative estimate of drug-likeness (QED) is 0.911. The fraction of sp³-hybridized carbons (Fsp3) is 0.400. The first-order valence-electron chi connectivity index (χ1n) is 4.97. The van der Waals surface area contributed by atoms with Crippen molar-refractivity contribution in [1.29, 1.82) is 0 Å². The van der Waals surface area contributed by atoms with E-state index in [0.717, 1.165) is 33.2 Å². The Labute approximate surface area is 111 Å². The number of carbonyl (C=O) groups is 1. The van der Waals surface area contributed by atoms with Gasteiger partial charge in [-0.15, -0.1) is 11.3 Å². The SMILES string of the molecule is CCc1sc(C(=O)NC2=NCCS2)cc1Br. The van der Waals surface area contributed by atoms with Crippen molar-refractivity contribution in [2.24, 2.45) is 4.99 Å². The summed E-state index contributed by atoms with van der Waals surface area (Å²) in [5.41, 5.74) is 0. The molecule has 1 amide bonds. The number of hydrogen-bond acceptors (Lipinski definition) is 4. The first kappa shape index (κ1) is 12.1. The van der Waals surface area contributed by atoms with Crippen molar-refractivity contribution < 1.29 is 4.79 Å². The maximum Gasteiger partial charge on any atom is 0.267 e. The van der Waals surface area contributed by atoms with E-state index in [1.165, 1.54) is 16.2 Å². The van der Waals surface area contributed by atoms with E-state index in [9.17, 15) is 4.79 Å². The molecule has 1 aliphatic rings. The molecular weight excluding hydrogens is 308 g/mol. The van der Waals surface area contributed by atoms with Gasteiger partial charge in [0, 0.05) is 15.1 Å². The lowest BCUT2D eigenvalue weighted by Gasteiger charge is -2.00. The number of aliphatic imine (C=N–C) groups is 1. The van der Waals surface area contributed by atoms with Crippen molar-refractivity contribution in [3.63, 3.8) is 0 Å². The molecule has 0 saturated carbocycles. The maximum absolute atomic E-state index is 11.9. The van der Waals surface area contributed by atoms with Crippen LogP contribution in [0.15, 0.2) is 15.5 Å². The Morgan fingerprint density at radius 1 is 1.69 bits per heavy atom.